The van der Waals surface area contributed by atoms with Gasteiger partial charge in [-0.2, -0.15) is 0 Å². The number of carbonyl (C=O) groups is 2. The van der Waals surface area contributed by atoms with Gasteiger partial charge in [0.1, 0.15) is 5.01 Å². The maximum absolute atomic E-state index is 12.5. The molecule has 1 N–H and O–H groups in total. The molecule has 132 valence electrons. The average molecular weight is 358 g/mol. The van der Waals surface area contributed by atoms with Crippen molar-refractivity contribution in [2.75, 3.05) is 16.8 Å². The number of benzene rings is 1. The predicted octanol–water partition coefficient (Wildman–Crippen LogP) is 3.27. The molecule has 1 fully saturated rings. The van der Waals surface area contributed by atoms with E-state index in [0.29, 0.717) is 11.7 Å². The largest absolute Gasteiger partial charge is 0.311 e. The first-order valence-electron chi connectivity index (χ1n) is 8.37. The molecule has 1 unspecified atom stereocenters. The quantitative estimate of drug-likeness (QED) is 0.910. The van der Waals surface area contributed by atoms with Crippen molar-refractivity contribution in [3.63, 3.8) is 0 Å². The molecule has 0 saturated carbocycles. The van der Waals surface area contributed by atoms with Gasteiger partial charge >= 0.3 is 0 Å². The van der Waals surface area contributed by atoms with E-state index in [1.807, 2.05) is 45.9 Å². The Morgan fingerprint density at radius 3 is 2.76 bits per heavy atom. The summed E-state index contributed by atoms with van der Waals surface area (Å²) in [6.45, 7) is 8.43. The fourth-order valence-corrected chi connectivity index (χ4v) is 3.60. The number of aryl methyl sites for hydroxylation is 2. The first-order chi connectivity index (χ1) is 11.8. The van der Waals surface area contributed by atoms with Crippen LogP contribution in [-0.2, 0) is 9.59 Å². The van der Waals surface area contributed by atoms with Crippen molar-refractivity contribution in [3.05, 3.63) is 34.3 Å². The lowest BCUT2D eigenvalue weighted by Gasteiger charge is -2.19. The van der Waals surface area contributed by atoms with Gasteiger partial charge in [-0.15, -0.1) is 10.2 Å². The number of aromatic nitrogens is 2. The van der Waals surface area contributed by atoms with Crippen molar-refractivity contribution < 1.29 is 9.59 Å². The lowest BCUT2D eigenvalue weighted by molar-refractivity contribution is -0.122. The summed E-state index contributed by atoms with van der Waals surface area (Å²) in [5.41, 5.74) is 3.01. The second-order valence-corrected chi connectivity index (χ2v) is 7.79. The summed E-state index contributed by atoms with van der Waals surface area (Å²) in [5.74, 6) is -0.295. The third-order valence-electron chi connectivity index (χ3n) is 4.32. The van der Waals surface area contributed by atoms with Gasteiger partial charge in [0.15, 0.2) is 0 Å². The highest BCUT2D eigenvalue weighted by Gasteiger charge is 2.36. The third-order valence-corrected chi connectivity index (χ3v) is 5.46. The molecule has 7 heteroatoms. The van der Waals surface area contributed by atoms with Gasteiger partial charge in [0.2, 0.25) is 16.9 Å². The van der Waals surface area contributed by atoms with E-state index in [1.54, 1.807) is 4.90 Å². The van der Waals surface area contributed by atoms with Crippen LogP contribution in [-0.4, -0.2) is 28.6 Å². The van der Waals surface area contributed by atoms with Crippen molar-refractivity contribution in [1.29, 1.82) is 0 Å². The number of amides is 2. The van der Waals surface area contributed by atoms with Gasteiger partial charge in [-0.05, 0) is 31.0 Å². The van der Waals surface area contributed by atoms with Crippen molar-refractivity contribution in [2.24, 2.45) is 5.92 Å². The Hall–Kier alpha value is -2.28. The number of hydrogen-bond acceptors (Lipinski definition) is 5. The molecule has 6 nitrogen and oxygen atoms in total. The van der Waals surface area contributed by atoms with Crippen LogP contribution in [0.15, 0.2) is 18.2 Å². The van der Waals surface area contributed by atoms with Gasteiger partial charge in [0.25, 0.3) is 0 Å². The maximum Gasteiger partial charge on any atom is 0.231 e. The Labute approximate surface area is 151 Å². The topological polar surface area (TPSA) is 75.2 Å². The molecule has 3 rings (SSSR count). The van der Waals surface area contributed by atoms with E-state index in [0.717, 1.165) is 21.8 Å². The number of nitrogens with one attached hydrogen (secondary N) is 1. The molecule has 0 bridgehead atoms. The van der Waals surface area contributed by atoms with E-state index < -0.39 is 0 Å². The highest BCUT2D eigenvalue weighted by atomic mass is 32.1. The minimum absolute atomic E-state index is 0.0195. The summed E-state index contributed by atoms with van der Waals surface area (Å²) < 4.78 is 0. The highest BCUT2D eigenvalue weighted by molar-refractivity contribution is 7.15. The molecule has 0 spiro atoms. The Bertz CT molecular complexity index is 815. The average Bonchev–Trinajstić information content (AvgIpc) is 3.16. The highest BCUT2D eigenvalue weighted by Crippen LogP contribution is 2.30. The number of rotatable bonds is 4. The molecule has 1 saturated heterocycles. The van der Waals surface area contributed by atoms with Crippen molar-refractivity contribution in [1.82, 2.24) is 10.2 Å². The van der Waals surface area contributed by atoms with Crippen molar-refractivity contribution >= 4 is 34.0 Å². The summed E-state index contributed by atoms with van der Waals surface area (Å²) in [7, 11) is 0. The number of hydrogen-bond donors (Lipinski definition) is 1. The molecular weight excluding hydrogens is 336 g/mol. The van der Waals surface area contributed by atoms with Gasteiger partial charge < -0.3 is 10.2 Å². The van der Waals surface area contributed by atoms with E-state index in [-0.39, 0.29) is 30.1 Å². The molecule has 1 aliphatic heterocycles. The predicted molar refractivity (Wildman–Crippen MR) is 99.0 cm³/mol. The van der Waals surface area contributed by atoms with Crippen LogP contribution in [0.3, 0.4) is 0 Å². The van der Waals surface area contributed by atoms with Gasteiger partial charge in [0, 0.05) is 24.6 Å². The second kappa shape index (κ2) is 6.92. The van der Waals surface area contributed by atoms with Gasteiger partial charge in [-0.1, -0.05) is 37.3 Å². The Kier molecular flexibility index (Phi) is 4.85. The van der Waals surface area contributed by atoms with Crippen molar-refractivity contribution in [2.45, 2.75) is 40.0 Å². The lowest BCUT2D eigenvalue weighted by atomic mass is 10.1. The van der Waals surface area contributed by atoms with Crippen LogP contribution in [0.25, 0.3) is 0 Å². The lowest BCUT2D eigenvalue weighted by Crippen LogP contribution is -2.28. The second-order valence-electron chi connectivity index (χ2n) is 6.78. The van der Waals surface area contributed by atoms with Crippen LogP contribution in [0.1, 0.15) is 42.3 Å². The van der Waals surface area contributed by atoms with E-state index in [4.69, 9.17) is 0 Å². The fourth-order valence-electron chi connectivity index (χ4n) is 2.85. The molecule has 2 aromatic rings. The van der Waals surface area contributed by atoms with E-state index in [9.17, 15) is 9.59 Å². The summed E-state index contributed by atoms with van der Waals surface area (Å²) in [6, 6.07) is 6.01. The van der Waals surface area contributed by atoms with Crippen LogP contribution in [0.2, 0.25) is 0 Å². The van der Waals surface area contributed by atoms with Crippen LogP contribution in [0, 0.1) is 19.8 Å². The minimum Gasteiger partial charge on any atom is -0.311 e. The molecule has 2 heterocycles. The van der Waals surface area contributed by atoms with E-state index >= 15 is 0 Å². The van der Waals surface area contributed by atoms with Crippen LogP contribution < -0.4 is 10.2 Å². The summed E-state index contributed by atoms with van der Waals surface area (Å²) in [6.07, 6.45) is 0.217. The maximum atomic E-state index is 12.5. The summed E-state index contributed by atoms with van der Waals surface area (Å²) in [4.78, 5) is 26.7. The number of carbonyl (C=O) groups excluding carboxylic acids is 2. The Balaban J connectivity index is 1.71. The smallest absolute Gasteiger partial charge is 0.231 e. The molecule has 0 aliphatic carbocycles. The zero-order chi connectivity index (χ0) is 18.1. The van der Waals surface area contributed by atoms with Crippen molar-refractivity contribution in [3.8, 4) is 0 Å². The molecular formula is C18H22N4O2S. The summed E-state index contributed by atoms with van der Waals surface area (Å²) >= 11 is 1.38. The summed E-state index contributed by atoms with van der Waals surface area (Å²) in [5, 5.41) is 12.3. The molecule has 25 heavy (non-hydrogen) atoms. The molecule has 1 aliphatic rings. The minimum atomic E-state index is -0.376. The fraction of sp³-hybridized carbons (Fsp3) is 0.444. The molecule has 2 amide bonds. The molecule has 1 atom stereocenters. The normalized spacial score (nSPS) is 17.4. The zero-order valence-corrected chi connectivity index (χ0v) is 15.7. The molecule has 1 aromatic heterocycles. The first kappa shape index (κ1) is 17.5. The Morgan fingerprint density at radius 2 is 2.08 bits per heavy atom. The van der Waals surface area contributed by atoms with E-state index in [1.165, 1.54) is 11.3 Å². The Morgan fingerprint density at radius 1 is 1.32 bits per heavy atom. The first-order valence-corrected chi connectivity index (χ1v) is 9.18. The standard InChI is InChI=1S/C18H22N4O2S/c1-10(2)17-20-21-18(25-17)19-16(24)13-8-15(23)22(9-13)14-7-11(3)5-6-12(14)4/h5-7,10,13H,8-9H2,1-4H3,(H,19,21,24). The van der Waals surface area contributed by atoms with Crippen LogP contribution in [0.4, 0.5) is 10.8 Å². The van der Waals surface area contributed by atoms with Gasteiger partial charge in [0.05, 0.1) is 5.92 Å². The van der Waals surface area contributed by atoms with Crippen LogP contribution in [0.5, 0.6) is 0 Å². The molecule has 1 aromatic carbocycles. The number of nitrogens with zero attached hydrogens (tertiary/aromatic N) is 3. The zero-order valence-electron chi connectivity index (χ0n) is 14.9. The monoisotopic (exact) mass is 358 g/mol. The third kappa shape index (κ3) is 3.71. The molecule has 0 radical (unpaired) electrons. The number of anilines is 2. The van der Waals surface area contributed by atoms with Crippen LogP contribution >= 0.6 is 11.3 Å². The van der Waals surface area contributed by atoms with E-state index in [2.05, 4.69) is 15.5 Å². The van der Waals surface area contributed by atoms with Gasteiger partial charge in [-0.25, -0.2) is 0 Å². The van der Waals surface area contributed by atoms with Gasteiger partial charge in [-0.3, -0.25) is 9.59 Å². The SMILES string of the molecule is Cc1ccc(C)c(N2CC(C(=O)Nc3nnc(C(C)C)s3)CC2=O)c1.